The summed E-state index contributed by atoms with van der Waals surface area (Å²) in [6, 6.07) is 6.21. The molecule has 6 nitrogen and oxygen atoms in total. The first-order valence-corrected chi connectivity index (χ1v) is 8.00. The van der Waals surface area contributed by atoms with Gasteiger partial charge in [0.05, 0.1) is 10.6 Å². The van der Waals surface area contributed by atoms with E-state index in [1.807, 2.05) is 0 Å². The second-order valence-electron chi connectivity index (χ2n) is 4.00. The van der Waals surface area contributed by atoms with Gasteiger partial charge in [0.25, 0.3) is 10.0 Å². The van der Waals surface area contributed by atoms with E-state index in [-0.39, 0.29) is 10.7 Å². The smallest absolute Gasteiger partial charge is 0.263 e. The van der Waals surface area contributed by atoms with Crippen molar-refractivity contribution in [3.05, 3.63) is 40.6 Å². The Morgan fingerprint density at radius 1 is 1.20 bits per heavy atom. The second kappa shape index (κ2) is 5.76. The van der Waals surface area contributed by atoms with Gasteiger partial charge in [-0.15, -0.1) is 0 Å². The van der Waals surface area contributed by atoms with E-state index < -0.39 is 10.0 Å². The van der Waals surface area contributed by atoms with Crippen molar-refractivity contribution < 1.29 is 8.42 Å². The predicted octanol–water partition coefficient (Wildman–Crippen LogP) is 2.39. The summed E-state index contributed by atoms with van der Waals surface area (Å²) in [5, 5.41) is 2.79. The first-order chi connectivity index (χ1) is 9.42. The normalized spacial score (nSPS) is 11.2. The third-order valence-corrected chi connectivity index (χ3v) is 4.75. The molecule has 2 rings (SSSR count). The average molecular weight is 357 g/mol. The van der Waals surface area contributed by atoms with Crippen LogP contribution in [0.15, 0.2) is 39.8 Å². The maximum absolute atomic E-state index is 12.2. The fourth-order valence-electron chi connectivity index (χ4n) is 1.51. The summed E-state index contributed by atoms with van der Waals surface area (Å²) in [6.45, 7) is 1.79. The molecule has 0 fully saturated rings. The maximum atomic E-state index is 12.2. The van der Waals surface area contributed by atoms with Crippen LogP contribution < -0.4 is 10.0 Å². The molecular weight excluding hydrogens is 344 g/mol. The van der Waals surface area contributed by atoms with E-state index in [2.05, 4.69) is 35.9 Å². The fourth-order valence-corrected chi connectivity index (χ4v) is 2.75. The molecule has 0 amide bonds. The van der Waals surface area contributed by atoms with Crippen molar-refractivity contribution in [2.24, 2.45) is 0 Å². The number of hydrogen-bond acceptors (Lipinski definition) is 5. The molecule has 2 aromatic heterocycles. The van der Waals surface area contributed by atoms with Gasteiger partial charge in [0, 0.05) is 23.8 Å². The number of hydrogen-bond donors (Lipinski definition) is 2. The van der Waals surface area contributed by atoms with Crippen molar-refractivity contribution in [2.45, 2.75) is 11.8 Å². The molecule has 0 atom stereocenters. The van der Waals surface area contributed by atoms with Gasteiger partial charge < -0.3 is 5.32 Å². The number of pyridine rings is 2. The molecule has 106 valence electrons. The number of anilines is 2. The predicted molar refractivity (Wildman–Crippen MR) is 81.3 cm³/mol. The van der Waals surface area contributed by atoms with Crippen molar-refractivity contribution in [1.82, 2.24) is 9.97 Å². The largest absolute Gasteiger partial charge is 0.373 e. The zero-order valence-electron chi connectivity index (χ0n) is 10.9. The van der Waals surface area contributed by atoms with Crippen LogP contribution in [0.5, 0.6) is 0 Å². The van der Waals surface area contributed by atoms with E-state index >= 15 is 0 Å². The van der Waals surface area contributed by atoms with E-state index in [1.165, 1.54) is 18.3 Å². The number of sulfonamides is 1. The highest BCUT2D eigenvalue weighted by Crippen LogP contribution is 2.20. The molecule has 0 aromatic carbocycles. The molecular formula is C12H13BrN4O2S. The highest BCUT2D eigenvalue weighted by Gasteiger charge is 2.16. The highest BCUT2D eigenvalue weighted by atomic mass is 79.9. The molecule has 0 saturated heterocycles. The van der Waals surface area contributed by atoms with Crippen LogP contribution in [0.3, 0.4) is 0 Å². The SMILES string of the molecule is CNc1cc(S(=O)(=O)Nc2ccc(Br)c(C)n2)ccn1. The molecule has 2 N–H and O–H groups in total. The van der Waals surface area contributed by atoms with Gasteiger partial charge >= 0.3 is 0 Å². The Labute approximate surface area is 125 Å². The Morgan fingerprint density at radius 2 is 1.95 bits per heavy atom. The van der Waals surface area contributed by atoms with Gasteiger partial charge in [0.1, 0.15) is 11.6 Å². The zero-order chi connectivity index (χ0) is 14.8. The first-order valence-electron chi connectivity index (χ1n) is 5.72. The minimum Gasteiger partial charge on any atom is -0.373 e. The molecule has 0 spiro atoms. The Bertz CT molecular complexity index is 734. The second-order valence-corrected chi connectivity index (χ2v) is 6.53. The third-order valence-electron chi connectivity index (χ3n) is 2.56. The summed E-state index contributed by atoms with van der Waals surface area (Å²) >= 11 is 3.32. The van der Waals surface area contributed by atoms with Crippen LogP contribution in [0.25, 0.3) is 0 Å². The zero-order valence-corrected chi connectivity index (χ0v) is 13.3. The van der Waals surface area contributed by atoms with Crippen LogP contribution >= 0.6 is 15.9 Å². The molecule has 0 radical (unpaired) electrons. The summed E-state index contributed by atoms with van der Waals surface area (Å²) in [5.41, 5.74) is 0.704. The Morgan fingerprint density at radius 3 is 2.60 bits per heavy atom. The molecule has 0 bridgehead atoms. The van der Waals surface area contributed by atoms with Crippen LogP contribution in [0.4, 0.5) is 11.6 Å². The van der Waals surface area contributed by atoms with Crippen LogP contribution in [0.1, 0.15) is 5.69 Å². The molecule has 2 aromatic rings. The van der Waals surface area contributed by atoms with E-state index in [4.69, 9.17) is 0 Å². The monoisotopic (exact) mass is 356 g/mol. The van der Waals surface area contributed by atoms with Gasteiger partial charge in [-0.3, -0.25) is 4.72 Å². The van der Waals surface area contributed by atoms with Crippen LogP contribution in [0.2, 0.25) is 0 Å². The first kappa shape index (κ1) is 14.7. The molecule has 0 aliphatic heterocycles. The van der Waals surface area contributed by atoms with Gasteiger partial charge in [0.2, 0.25) is 0 Å². The van der Waals surface area contributed by atoms with E-state index in [0.717, 1.165) is 4.47 Å². The number of aromatic nitrogens is 2. The van der Waals surface area contributed by atoms with E-state index in [1.54, 1.807) is 26.1 Å². The molecule has 0 aliphatic carbocycles. The topological polar surface area (TPSA) is 84.0 Å². The van der Waals surface area contributed by atoms with Crippen LogP contribution in [0, 0.1) is 6.92 Å². The fraction of sp³-hybridized carbons (Fsp3) is 0.167. The molecule has 8 heteroatoms. The number of halogens is 1. The number of rotatable bonds is 4. The summed E-state index contributed by atoms with van der Waals surface area (Å²) in [6.07, 6.45) is 1.43. The Hall–Kier alpha value is -1.67. The van der Waals surface area contributed by atoms with Crippen molar-refractivity contribution in [3.8, 4) is 0 Å². The minimum absolute atomic E-state index is 0.124. The van der Waals surface area contributed by atoms with Gasteiger partial charge in [-0.25, -0.2) is 18.4 Å². The summed E-state index contributed by atoms with van der Waals surface area (Å²) in [7, 11) is -2.01. The number of aryl methyl sites for hydroxylation is 1. The lowest BCUT2D eigenvalue weighted by atomic mass is 10.4. The average Bonchev–Trinajstić information content (AvgIpc) is 2.43. The molecule has 0 unspecified atom stereocenters. The van der Waals surface area contributed by atoms with Gasteiger partial charge in [-0.2, -0.15) is 0 Å². The van der Waals surface area contributed by atoms with Gasteiger partial charge in [-0.05, 0) is 41.1 Å². The lowest BCUT2D eigenvalue weighted by Crippen LogP contribution is -2.14. The Kier molecular flexibility index (Phi) is 4.24. The number of nitrogens with one attached hydrogen (secondary N) is 2. The minimum atomic E-state index is -3.68. The third kappa shape index (κ3) is 3.26. The van der Waals surface area contributed by atoms with E-state index in [9.17, 15) is 8.42 Å². The molecule has 0 aliphatic rings. The summed E-state index contributed by atoms with van der Waals surface area (Å²) < 4.78 is 27.8. The van der Waals surface area contributed by atoms with Crippen LogP contribution in [-0.2, 0) is 10.0 Å². The highest BCUT2D eigenvalue weighted by molar-refractivity contribution is 9.10. The standard InChI is InChI=1S/C12H13BrN4O2S/c1-8-10(13)3-4-11(16-8)17-20(18,19)9-5-6-15-12(7-9)14-2/h3-7H,1-2H3,(H,14,15)(H,16,17). The van der Waals surface area contributed by atoms with E-state index in [0.29, 0.717) is 11.5 Å². The molecule has 2 heterocycles. The molecule has 0 saturated carbocycles. The van der Waals surface area contributed by atoms with Crippen molar-refractivity contribution in [2.75, 3.05) is 17.1 Å². The lowest BCUT2D eigenvalue weighted by molar-refractivity contribution is 0.601. The number of nitrogens with zero attached hydrogens (tertiary/aromatic N) is 2. The quantitative estimate of drug-likeness (QED) is 0.878. The van der Waals surface area contributed by atoms with Gasteiger partial charge in [0.15, 0.2) is 0 Å². The van der Waals surface area contributed by atoms with Crippen molar-refractivity contribution >= 4 is 37.6 Å². The van der Waals surface area contributed by atoms with Crippen LogP contribution in [-0.4, -0.2) is 25.4 Å². The van der Waals surface area contributed by atoms with Crippen molar-refractivity contribution in [1.29, 1.82) is 0 Å². The summed E-state index contributed by atoms with van der Waals surface area (Å²) in [4.78, 5) is 8.26. The summed E-state index contributed by atoms with van der Waals surface area (Å²) in [5.74, 6) is 0.751. The Balaban J connectivity index is 2.32. The lowest BCUT2D eigenvalue weighted by Gasteiger charge is -2.09. The van der Waals surface area contributed by atoms with Gasteiger partial charge in [-0.1, -0.05) is 0 Å². The van der Waals surface area contributed by atoms with Crippen molar-refractivity contribution in [3.63, 3.8) is 0 Å². The molecule has 20 heavy (non-hydrogen) atoms. The maximum Gasteiger partial charge on any atom is 0.263 e.